The van der Waals surface area contributed by atoms with Crippen molar-refractivity contribution in [1.82, 2.24) is 4.98 Å². The number of aryl methyl sites for hydroxylation is 1. The molecule has 1 amide bonds. The first-order chi connectivity index (χ1) is 9.61. The van der Waals surface area contributed by atoms with Gasteiger partial charge in [-0.15, -0.1) is 0 Å². The molecule has 100 valence electrons. The Morgan fingerprint density at radius 2 is 2.25 bits per heavy atom. The SMILES string of the molecule is Cc1cccc(NC(=O)[C@@H](C#N)C(=O)c2cocn2)c1. The number of hydrogen-bond donors (Lipinski definition) is 1. The van der Waals surface area contributed by atoms with Crippen LogP contribution >= 0.6 is 0 Å². The number of nitriles is 1. The van der Waals surface area contributed by atoms with Crippen molar-refractivity contribution < 1.29 is 14.0 Å². The fourth-order valence-electron chi connectivity index (χ4n) is 1.66. The number of aromatic nitrogens is 1. The van der Waals surface area contributed by atoms with E-state index in [0.717, 1.165) is 18.2 Å². The van der Waals surface area contributed by atoms with Crippen molar-refractivity contribution >= 4 is 17.4 Å². The number of Topliss-reactive ketones (excluding diaryl/α,β-unsaturated/α-hetero) is 1. The molecule has 6 heteroatoms. The van der Waals surface area contributed by atoms with Gasteiger partial charge in [-0.05, 0) is 24.6 Å². The average molecular weight is 269 g/mol. The Balaban J connectivity index is 2.14. The Hall–Kier alpha value is -2.94. The highest BCUT2D eigenvalue weighted by Crippen LogP contribution is 2.13. The van der Waals surface area contributed by atoms with Crippen LogP contribution in [0.25, 0.3) is 0 Å². The van der Waals surface area contributed by atoms with Crippen molar-refractivity contribution in [2.45, 2.75) is 6.92 Å². The van der Waals surface area contributed by atoms with Gasteiger partial charge in [0.1, 0.15) is 12.0 Å². The summed E-state index contributed by atoms with van der Waals surface area (Å²) in [5.74, 6) is -2.84. The van der Waals surface area contributed by atoms with Gasteiger partial charge in [0, 0.05) is 5.69 Å². The van der Waals surface area contributed by atoms with Crippen LogP contribution in [0, 0.1) is 24.2 Å². The summed E-state index contributed by atoms with van der Waals surface area (Å²) in [6, 6.07) is 8.75. The third kappa shape index (κ3) is 2.90. The first-order valence-corrected chi connectivity index (χ1v) is 5.81. The Morgan fingerprint density at radius 3 is 2.85 bits per heavy atom. The van der Waals surface area contributed by atoms with Gasteiger partial charge in [0.2, 0.25) is 11.7 Å². The molecule has 2 rings (SSSR count). The summed E-state index contributed by atoms with van der Waals surface area (Å²) >= 11 is 0. The topological polar surface area (TPSA) is 96.0 Å². The summed E-state index contributed by atoms with van der Waals surface area (Å²) in [6.07, 6.45) is 2.17. The van der Waals surface area contributed by atoms with Gasteiger partial charge in [-0.3, -0.25) is 9.59 Å². The van der Waals surface area contributed by atoms with Gasteiger partial charge < -0.3 is 9.73 Å². The lowest BCUT2D eigenvalue weighted by Crippen LogP contribution is -2.28. The van der Waals surface area contributed by atoms with Crippen molar-refractivity contribution in [3.05, 3.63) is 48.2 Å². The number of hydrogen-bond acceptors (Lipinski definition) is 5. The fourth-order valence-corrected chi connectivity index (χ4v) is 1.66. The van der Waals surface area contributed by atoms with Crippen molar-refractivity contribution in [2.75, 3.05) is 5.32 Å². The Bertz CT molecular complexity index is 671. The van der Waals surface area contributed by atoms with Gasteiger partial charge in [-0.2, -0.15) is 5.26 Å². The maximum Gasteiger partial charge on any atom is 0.249 e. The van der Waals surface area contributed by atoms with Gasteiger partial charge in [-0.1, -0.05) is 12.1 Å². The van der Waals surface area contributed by atoms with E-state index in [1.54, 1.807) is 24.3 Å². The van der Waals surface area contributed by atoms with E-state index in [4.69, 9.17) is 5.26 Å². The molecule has 0 saturated carbocycles. The summed E-state index contributed by atoms with van der Waals surface area (Å²) in [4.78, 5) is 27.5. The minimum atomic E-state index is -1.46. The quantitative estimate of drug-likeness (QED) is 0.676. The number of rotatable bonds is 4. The van der Waals surface area contributed by atoms with Gasteiger partial charge in [0.25, 0.3) is 0 Å². The van der Waals surface area contributed by atoms with E-state index in [1.165, 1.54) is 0 Å². The Morgan fingerprint density at radius 1 is 1.45 bits per heavy atom. The lowest BCUT2D eigenvalue weighted by atomic mass is 10.0. The molecule has 2 aromatic rings. The molecule has 0 radical (unpaired) electrons. The van der Waals surface area contributed by atoms with Gasteiger partial charge >= 0.3 is 0 Å². The number of benzene rings is 1. The highest BCUT2D eigenvalue weighted by Gasteiger charge is 2.29. The lowest BCUT2D eigenvalue weighted by Gasteiger charge is -2.08. The van der Waals surface area contributed by atoms with Crippen molar-refractivity contribution in [2.24, 2.45) is 5.92 Å². The van der Waals surface area contributed by atoms with Crippen LogP contribution in [0.4, 0.5) is 5.69 Å². The number of carbonyl (C=O) groups excluding carboxylic acids is 2. The number of carbonyl (C=O) groups is 2. The standard InChI is InChI=1S/C14H11N3O3/c1-9-3-2-4-10(5-9)17-14(19)11(6-15)13(18)12-7-20-8-16-12/h2-5,7-8,11H,1H3,(H,17,19)/t11-/m0/s1. The predicted molar refractivity (Wildman–Crippen MR) is 69.7 cm³/mol. The first kappa shape index (κ1) is 13.5. The monoisotopic (exact) mass is 269 g/mol. The van der Waals surface area contributed by atoms with E-state index in [9.17, 15) is 9.59 Å². The molecule has 6 nitrogen and oxygen atoms in total. The van der Waals surface area contributed by atoms with Crippen LogP contribution in [-0.4, -0.2) is 16.7 Å². The van der Waals surface area contributed by atoms with Crippen molar-refractivity contribution in [1.29, 1.82) is 5.26 Å². The van der Waals surface area contributed by atoms with Gasteiger partial charge in [0.05, 0.1) is 6.07 Å². The van der Waals surface area contributed by atoms with E-state index >= 15 is 0 Å². The summed E-state index contributed by atoms with van der Waals surface area (Å²) in [6.45, 7) is 1.87. The molecule has 0 aliphatic heterocycles. The summed E-state index contributed by atoms with van der Waals surface area (Å²) in [7, 11) is 0. The third-order valence-electron chi connectivity index (χ3n) is 2.62. The molecule has 1 heterocycles. The molecule has 0 fully saturated rings. The molecule has 1 atom stereocenters. The molecule has 1 aromatic heterocycles. The van der Waals surface area contributed by atoms with Crippen LogP contribution in [0.3, 0.4) is 0 Å². The number of ketones is 1. The zero-order valence-electron chi connectivity index (χ0n) is 10.7. The number of nitrogens with one attached hydrogen (secondary N) is 1. The number of nitrogens with zero attached hydrogens (tertiary/aromatic N) is 2. The molecular weight excluding hydrogens is 258 g/mol. The van der Waals surface area contributed by atoms with E-state index in [0.29, 0.717) is 5.69 Å². The van der Waals surface area contributed by atoms with Crippen LogP contribution in [0.2, 0.25) is 0 Å². The van der Waals surface area contributed by atoms with Crippen LogP contribution in [-0.2, 0) is 4.79 Å². The van der Waals surface area contributed by atoms with E-state index < -0.39 is 17.6 Å². The highest BCUT2D eigenvalue weighted by atomic mass is 16.3. The van der Waals surface area contributed by atoms with Crippen LogP contribution in [0.5, 0.6) is 0 Å². The van der Waals surface area contributed by atoms with E-state index in [1.807, 2.05) is 13.0 Å². The molecule has 1 aromatic carbocycles. The van der Waals surface area contributed by atoms with E-state index in [-0.39, 0.29) is 5.69 Å². The van der Waals surface area contributed by atoms with Crippen molar-refractivity contribution in [3.63, 3.8) is 0 Å². The minimum absolute atomic E-state index is 0.0454. The minimum Gasteiger partial charge on any atom is -0.451 e. The Labute approximate surface area is 115 Å². The summed E-state index contributed by atoms with van der Waals surface area (Å²) < 4.78 is 4.67. The molecule has 0 unspecified atom stereocenters. The van der Waals surface area contributed by atoms with Crippen molar-refractivity contribution in [3.8, 4) is 6.07 Å². The second-order valence-corrected chi connectivity index (χ2v) is 4.16. The molecule has 0 spiro atoms. The molecule has 1 N–H and O–H groups in total. The molecule has 0 saturated heterocycles. The summed E-state index contributed by atoms with van der Waals surface area (Å²) in [5.41, 5.74) is 1.44. The largest absolute Gasteiger partial charge is 0.451 e. The lowest BCUT2D eigenvalue weighted by molar-refractivity contribution is -0.117. The molecular formula is C14H11N3O3. The number of amides is 1. The molecule has 0 aliphatic carbocycles. The predicted octanol–water partition coefficient (Wildman–Crippen LogP) is 1.94. The van der Waals surface area contributed by atoms with Gasteiger partial charge in [0.15, 0.2) is 12.3 Å². The van der Waals surface area contributed by atoms with Gasteiger partial charge in [-0.25, -0.2) is 4.98 Å². The van der Waals surface area contributed by atoms with Crippen LogP contribution < -0.4 is 5.32 Å². The molecule has 0 aliphatic rings. The zero-order chi connectivity index (χ0) is 14.5. The molecule has 20 heavy (non-hydrogen) atoms. The first-order valence-electron chi connectivity index (χ1n) is 5.81. The zero-order valence-corrected chi connectivity index (χ0v) is 10.7. The number of oxazole rings is 1. The number of anilines is 1. The third-order valence-corrected chi connectivity index (χ3v) is 2.62. The van der Waals surface area contributed by atoms with Crippen LogP contribution in [0.1, 0.15) is 16.1 Å². The second kappa shape index (κ2) is 5.80. The smallest absolute Gasteiger partial charge is 0.249 e. The van der Waals surface area contributed by atoms with E-state index in [2.05, 4.69) is 14.7 Å². The average Bonchev–Trinajstić information content (AvgIpc) is 2.93. The maximum atomic E-state index is 12.0. The maximum absolute atomic E-state index is 12.0. The normalized spacial score (nSPS) is 11.4. The molecule has 0 bridgehead atoms. The second-order valence-electron chi connectivity index (χ2n) is 4.16. The fraction of sp³-hybridized carbons (Fsp3) is 0.143. The van der Waals surface area contributed by atoms with Crippen LogP contribution in [0.15, 0.2) is 41.3 Å². The Kier molecular flexibility index (Phi) is 3.91. The highest BCUT2D eigenvalue weighted by molar-refractivity contribution is 6.14. The summed E-state index contributed by atoms with van der Waals surface area (Å²) in [5, 5.41) is 11.5.